The summed E-state index contributed by atoms with van der Waals surface area (Å²) in [6, 6.07) is 5.61. The minimum Gasteiger partial charge on any atom is -0.357 e. The zero-order valence-electron chi connectivity index (χ0n) is 11.3. The predicted molar refractivity (Wildman–Crippen MR) is 86.0 cm³/mol. The van der Waals surface area contributed by atoms with Crippen LogP contribution in [0.5, 0.6) is 0 Å². The molecule has 6 heteroatoms. The first kappa shape index (κ1) is 14.7. The van der Waals surface area contributed by atoms with E-state index in [1.807, 2.05) is 32.0 Å². The number of aryl methyl sites for hydroxylation is 2. The summed E-state index contributed by atoms with van der Waals surface area (Å²) in [5, 5.41) is 7.48. The van der Waals surface area contributed by atoms with Gasteiger partial charge in [0.2, 0.25) is 0 Å². The van der Waals surface area contributed by atoms with E-state index in [4.69, 9.17) is 23.8 Å². The van der Waals surface area contributed by atoms with Gasteiger partial charge in [0.25, 0.3) is 0 Å². The molecular formula is C14H15ClN4S. The van der Waals surface area contributed by atoms with Gasteiger partial charge in [-0.25, -0.2) is 0 Å². The van der Waals surface area contributed by atoms with Crippen LogP contribution < -0.4 is 10.6 Å². The molecule has 0 amide bonds. The number of aromatic nitrogens is 2. The van der Waals surface area contributed by atoms with Crippen molar-refractivity contribution < 1.29 is 0 Å². The third kappa shape index (κ3) is 4.15. The fraction of sp³-hybridized carbons (Fsp3) is 0.214. The van der Waals surface area contributed by atoms with Crippen LogP contribution in [-0.2, 0) is 6.54 Å². The molecule has 1 heterocycles. The Labute approximate surface area is 128 Å². The number of nitrogens with one attached hydrogen (secondary N) is 2. The highest BCUT2D eigenvalue weighted by Crippen LogP contribution is 2.19. The van der Waals surface area contributed by atoms with Crippen molar-refractivity contribution in [2.24, 2.45) is 0 Å². The molecule has 1 aromatic heterocycles. The lowest BCUT2D eigenvalue weighted by Crippen LogP contribution is -2.28. The quantitative estimate of drug-likeness (QED) is 0.853. The first-order valence-electron chi connectivity index (χ1n) is 6.13. The molecule has 0 atom stereocenters. The van der Waals surface area contributed by atoms with Crippen molar-refractivity contribution in [3.8, 4) is 0 Å². The van der Waals surface area contributed by atoms with E-state index in [2.05, 4.69) is 20.6 Å². The van der Waals surface area contributed by atoms with Gasteiger partial charge in [-0.15, -0.1) is 0 Å². The van der Waals surface area contributed by atoms with Crippen molar-refractivity contribution in [3.63, 3.8) is 0 Å². The lowest BCUT2D eigenvalue weighted by molar-refractivity contribution is 0.862. The molecule has 0 radical (unpaired) electrons. The number of hydrogen-bond donors (Lipinski definition) is 2. The van der Waals surface area contributed by atoms with Crippen LogP contribution in [0, 0.1) is 13.8 Å². The standard InChI is InChI=1S/C14H15ClN4S/c1-9-5-11(15)3-4-13(9)19-14(20)18-8-12-7-16-10(2)6-17-12/h3-7H,8H2,1-2H3,(H2,18,19,20). The van der Waals surface area contributed by atoms with Crippen LogP contribution in [-0.4, -0.2) is 15.1 Å². The van der Waals surface area contributed by atoms with Crippen molar-refractivity contribution in [1.82, 2.24) is 15.3 Å². The van der Waals surface area contributed by atoms with Crippen molar-refractivity contribution in [2.45, 2.75) is 20.4 Å². The topological polar surface area (TPSA) is 49.8 Å². The van der Waals surface area contributed by atoms with Crippen molar-refractivity contribution in [3.05, 3.63) is 52.6 Å². The van der Waals surface area contributed by atoms with Gasteiger partial charge in [0.15, 0.2) is 5.11 Å². The van der Waals surface area contributed by atoms with Gasteiger partial charge in [-0.3, -0.25) is 9.97 Å². The van der Waals surface area contributed by atoms with E-state index < -0.39 is 0 Å². The third-order valence-electron chi connectivity index (χ3n) is 2.70. The van der Waals surface area contributed by atoms with Gasteiger partial charge in [0.1, 0.15) is 0 Å². The number of thiocarbonyl (C=S) groups is 1. The molecule has 2 rings (SSSR count). The first-order valence-corrected chi connectivity index (χ1v) is 6.92. The molecule has 2 N–H and O–H groups in total. The molecule has 0 spiro atoms. The number of halogens is 1. The molecule has 104 valence electrons. The maximum absolute atomic E-state index is 5.92. The largest absolute Gasteiger partial charge is 0.357 e. The van der Waals surface area contributed by atoms with E-state index in [0.29, 0.717) is 16.7 Å². The highest BCUT2D eigenvalue weighted by Gasteiger charge is 2.02. The SMILES string of the molecule is Cc1cnc(CNC(=S)Nc2ccc(Cl)cc2C)cn1. The minimum atomic E-state index is 0.533. The van der Waals surface area contributed by atoms with Crippen LogP contribution in [0.1, 0.15) is 17.0 Å². The summed E-state index contributed by atoms with van der Waals surface area (Å²) in [5.74, 6) is 0. The molecule has 0 aliphatic carbocycles. The zero-order valence-corrected chi connectivity index (χ0v) is 12.8. The van der Waals surface area contributed by atoms with Crippen LogP contribution in [0.3, 0.4) is 0 Å². The van der Waals surface area contributed by atoms with Crippen molar-refractivity contribution in [2.75, 3.05) is 5.32 Å². The summed E-state index contributed by atoms with van der Waals surface area (Å²) >= 11 is 11.2. The monoisotopic (exact) mass is 306 g/mol. The lowest BCUT2D eigenvalue weighted by Gasteiger charge is -2.12. The summed E-state index contributed by atoms with van der Waals surface area (Å²) in [6.07, 6.45) is 3.47. The molecule has 0 unspecified atom stereocenters. The van der Waals surface area contributed by atoms with E-state index in [1.54, 1.807) is 12.4 Å². The average Bonchev–Trinajstić information content (AvgIpc) is 2.41. The fourth-order valence-electron chi connectivity index (χ4n) is 1.62. The molecule has 1 aromatic carbocycles. The molecule has 20 heavy (non-hydrogen) atoms. The van der Waals surface area contributed by atoms with Crippen LogP contribution in [0.2, 0.25) is 5.02 Å². The molecule has 0 aliphatic heterocycles. The minimum absolute atomic E-state index is 0.533. The zero-order chi connectivity index (χ0) is 14.5. The Hall–Kier alpha value is -1.72. The Morgan fingerprint density at radius 2 is 2.05 bits per heavy atom. The van der Waals surface area contributed by atoms with Gasteiger partial charge in [0, 0.05) is 16.9 Å². The Balaban J connectivity index is 1.90. The summed E-state index contributed by atoms with van der Waals surface area (Å²) < 4.78 is 0. The number of benzene rings is 1. The normalized spacial score (nSPS) is 10.2. The Kier molecular flexibility index (Phi) is 4.87. The predicted octanol–water partition coefficient (Wildman–Crippen LogP) is 3.23. The second-order valence-electron chi connectivity index (χ2n) is 4.42. The molecular weight excluding hydrogens is 292 g/mol. The molecule has 0 saturated heterocycles. The summed E-state index contributed by atoms with van der Waals surface area (Å²) in [6.45, 7) is 4.41. The number of hydrogen-bond acceptors (Lipinski definition) is 3. The maximum atomic E-state index is 5.92. The average molecular weight is 307 g/mol. The smallest absolute Gasteiger partial charge is 0.171 e. The van der Waals surface area contributed by atoms with Gasteiger partial charge >= 0.3 is 0 Å². The van der Waals surface area contributed by atoms with E-state index in [-0.39, 0.29) is 0 Å². The highest BCUT2D eigenvalue weighted by atomic mass is 35.5. The Morgan fingerprint density at radius 1 is 1.25 bits per heavy atom. The summed E-state index contributed by atoms with van der Waals surface area (Å²) in [4.78, 5) is 8.44. The number of nitrogens with zero attached hydrogens (tertiary/aromatic N) is 2. The maximum Gasteiger partial charge on any atom is 0.171 e. The lowest BCUT2D eigenvalue weighted by atomic mass is 10.2. The third-order valence-corrected chi connectivity index (χ3v) is 3.18. The second-order valence-corrected chi connectivity index (χ2v) is 5.26. The van der Waals surface area contributed by atoms with Gasteiger partial charge in [-0.1, -0.05) is 11.6 Å². The van der Waals surface area contributed by atoms with Gasteiger partial charge in [0.05, 0.1) is 24.1 Å². The molecule has 0 fully saturated rings. The second kappa shape index (κ2) is 6.63. The van der Waals surface area contributed by atoms with E-state index >= 15 is 0 Å². The van der Waals surface area contributed by atoms with E-state index in [0.717, 1.165) is 22.6 Å². The number of anilines is 1. The van der Waals surface area contributed by atoms with Crippen LogP contribution in [0.15, 0.2) is 30.6 Å². The van der Waals surface area contributed by atoms with Gasteiger partial charge in [-0.05, 0) is 49.8 Å². The summed E-state index contributed by atoms with van der Waals surface area (Å²) in [5.41, 5.74) is 3.71. The Morgan fingerprint density at radius 3 is 2.70 bits per heavy atom. The molecule has 2 aromatic rings. The van der Waals surface area contributed by atoms with Crippen molar-refractivity contribution in [1.29, 1.82) is 0 Å². The van der Waals surface area contributed by atoms with Crippen molar-refractivity contribution >= 4 is 34.6 Å². The van der Waals surface area contributed by atoms with Crippen LogP contribution in [0.4, 0.5) is 5.69 Å². The number of rotatable bonds is 3. The first-order chi connectivity index (χ1) is 9.54. The highest BCUT2D eigenvalue weighted by molar-refractivity contribution is 7.80. The van der Waals surface area contributed by atoms with Crippen LogP contribution >= 0.6 is 23.8 Å². The molecule has 4 nitrogen and oxygen atoms in total. The van der Waals surface area contributed by atoms with E-state index in [9.17, 15) is 0 Å². The summed E-state index contributed by atoms with van der Waals surface area (Å²) in [7, 11) is 0. The van der Waals surface area contributed by atoms with Gasteiger partial charge < -0.3 is 10.6 Å². The molecule has 0 aliphatic rings. The fourth-order valence-corrected chi connectivity index (χ4v) is 2.02. The van der Waals surface area contributed by atoms with E-state index in [1.165, 1.54) is 0 Å². The Bertz CT molecular complexity index is 613. The van der Waals surface area contributed by atoms with Crippen LogP contribution in [0.25, 0.3) is 0 Å². The van der Waals surface area contributed by atoms with Gasteiger partial charge in [-0.2, -0.15) is 0 Å². The molecule has 0 saturated carbocycles. The molecule has 0 bridgehead atoms.